The van der Waals surface area contributed by atoms with Crippen LogP contribution in [0.4, 0.5) is 0 Å². The minimum Gasteiger partial charge on any atom is -0.481 e. The number of aliphatic carboxylic acids is 1. The lowest BCUT2D eigenvalue weighted by atomic mass is 9.94. The first-order chi connectivity index (χ1) is 19.5. The highest BCUT2D eigenvalue weighted by molar-refractivity contribution is 6.06. The standard InChI is InChI=1S/C33H32N2O5/c36-23-30(25-13-5-2-6-14-25)34-32(39)28-17-9-7-15-26(28)27-16-8-10-18-29(27)33(40)35(22-20-31(37)38)21-19-24-11-3-1-4-12-24/h1-18,30,36H,19-23H2,(H,34,39)(H,37,38)/t30-/m1/s1. The van der Waals surface area contributed by atoms with Gasteiger partial charge < -0.3 is 20.4 Å². The van der Waals surface area contributed by atoms with E-state index in [4.69, 9.17) is 0 Å². The van der Waals surface area contributed by atoms with E-state index in [2.05, 4.69) is 5.32 Å². The number of carboxylic acids is 1. The van der Waals surface area contributed by atoms with E-state index in [1.54, 1.807) is 53.4 Å². The number of nitrogens with one attached hydrogen (secondary N) is 1. The molecule has 0 bridgehead atoms. The Labute approximate surface area is 233 Å². The van der Waals surface area contributed by atoms with Crippen LogP contribution in [0, 0.1) is 0 Å². The molecule has 0 heterocycles. The molecule has 0 aliphatic heterocycles. The first kappa shape index (κ1) is 28.3. The predicted molar refractivity (Wildman–Crippen MR) is 154 cm³/mol. The Balaban J connectivity index is 1.64. The van der Waals surface area contributed by atoms with Crippen LogP contribution in [0.3, 0.4) is 0 Å². The van der Waals surface area contributed by atoms with Gasteiger partial charge >= 0.3 is 5.97 Å². The van der Waals surface area contributed by atoms with Crippen LogP contribution in [0.1, 0.15) is 44.3 Å². The Kier molecular flexibility index (Phi) is 9.80. The quantitative estimate of drug-likeness (QED) is 0.237. The summed E-state index contributed by atoms with van der Waals surface area (Å²) in [5, 5.41) is 22.2. The molecule has 4 aromatic carbocycles. The summed E-state index contributed by atoms with van der Waals surface area (Å²) in [6.45, 7) is 0.140. The van der Waals surface area contributed by atoms with Gasteiger partial charge in [0.05, 0.1) is 19.1 Å². The molecule has 204 valence electrons. The molecule has 7 nitrogen and oxygen atoms in total. The molecule has 2 amide bonds. The number of aliphatic hydroxyl groups is 1. The summed E-state index contributed by atoms with van der Waals surface area (Å²) in [6.07, 6.45) is 0.402. The number of amides is 2. The summed E-state index contributed by atoms with van der Waals surface area (Å²) in [4.78, 5) is 40.2. The fourth-order valence-electron chi connectivity index (χ4n) is 4.60. The highest BCUT2D eigenvalue weighted by atomic mass is 16.4. The molecule has 0 spiro atoms. The number of hydrogen-bond donors (Lipinski definition) is 3. The second-order valence-electron chi connectivity index (χ2n) is 9.38. The lowest BCUT2D eigenvalue weighted by Gasteiger charge is -2.24. The van der Waals surface area contributed by atoms with Crippen LogP contribution in [0.15, 0.2) is 109 Å². The molecule has 0 saturated heterocycles. The van der Waals surface area contributed by atoms with E-state index in [0.29, 0.717) is 35.2 Å². The van der Waals surface area contributed by atoms with Crippen molar-refractivity contribution in [1.82, 2.24) is 10.2 Å². The summed E-state index contributed by atoms with van der Waals surface area (Å²) in [6, 6.07) is 32.4. The van der Waals surface area contributed by atoms with Crippen LogP contribution in [0.2, 0.25) is 0 Å². The van der Waals surface area contributed by atoms with E-state index in [-0.39, 0.29) is 31.4 Å². The van der Waals surface area contributed by atoms with Crippen LogP contribution < -0.4 is 5.32 Å². The molecule has 0 aliphatic rings. The molecule has 7 heteroatoms. The molecule has 3 N–H and O–H groups in total. The summed E-state index contributed by atoms with van der Waals surface area (Å²) in [5.41, 5.74) is 3.69. The van der Waals surface area contributed by atoms with Gasteiger partial charge in [-0.1, -0.05) is 97.1 Å². The summed E-state index contributed by atoms with van der Waals surface area (Å²) >= 11 is 0. The maximum atomic E-state index is 13.9. The third-order valence-electron chi connectivity index (χ3n) is 6.71. The number of aliphatic hydroxyl groups excluding tert-OH is 1. The van der Waals surface area contributed by atoms with Crippen molar-refractivity contribution < 1.29 is 24.6 Å². The van der Waals surface area contributed by atoms with E-state index in [1.165, 1.54) is 0 Å². The van der Waals surface area contributed by atoms with Gasteiger partial charge in [0.1, 0.15) is 0 Å². The fourth-order valence-corrected chi connectivity index (χ4v) is 4.60. The van der Waals surface area contributed by atoms with Crippen molar-refractivity contribution in [2.24, 2.45) is 0 Å². The normalized spacial score (nSPS) is 11.4. The fraction of sp³-hybridized carbons (Fsp3) is 0.182. The van der Waals surface area contributed by atoms with Gasteiger partial charge in [-0.15, -0.1) is 0 Å². The van der Waals surface area contributed by atoms with Crippen molar-refractivity contribution in [3.05, 3.63) is 131 Å². The summed E-state index contributed by atoms with van der Waals surface area (Å²) in [5.74, 6) is -1.67. The lowest BCUT2D eigenvalue weighted by Crippen LogP contribution is -2.35. The Bertz CT molecular complexity index is 1440. The monoisotopic (exact) mass is 536 g/mol. The minimum atomic E-state index is -0.982. The predicted octanol–water partition coefficient (Wildman–Crippen LogP) is 4.98. The maximum absolute atomic E-state index is 13.9. The molecule has 0 aliphatic carbocycles. The number of rotatable bonds is 12. The Morgan fingerprint density at radius 3 is 1.88 bits per heavy atom. The van der Waals surface area contributed by atoms with Crippen LogP contribution in [-0.4, -0.2) is 52.6 Å². The van der Waals surface area contributed by atoms with E-state index in [0.717, 1.165) is 11.1 Å². The average molecular weight is 537 g/mol. The van der Waals surface area contributed by atoms with E-state index in [9.17, 15) is 24.6 Å². The van der Waals surface area contributed by atoms with Crippen molar-refractivity contribution in [1.29, 1.82) is 0 Å². The lowest BCUT2D eigenvalue weighted by molar-refractivity contribution is -0.137. The van der Waals surface area contributed by atoms with Gasteiger partial charge in [-0.2, -0.15) is 0 Å². The molecule has 40 heavy (non-hydrogen) atoms. The summed E-state index contributed by atoms with van der Waals surface area (Å²) < 4.78 is 0. The van der Waals surface area contributed by atoms with Crippen molar-refractivity contribution in [3.63, 3.8) is 0 Å². The topological polar surface area (TPSA) is 107 Å². The molecular weight excluding hydrogens is 504 g/mol. The number of hydrogen-bond acceptors (Lipinski definition) is 4. The number of benzene rings is 4. The third kappa shape index (κ3) is 7.21. The molecule has 4 rings (SSSR count). The highest BCUT2D eigenvalue weighted by Gasteiger charge is 2.23. The molecule has 0 radical (unpaired) electrons. The van der Waals surface area contributed by atoms with Gasteiger partial charge in [0.15, 0.2) is 0 Å². The van der Waals surface area contributed by atoms with E-state index < -0.39 is 12.0 Å². The van der Waals surface area contributed by atoms with Crippen LogP contribution in [0.5, 0.6) is 0 Å². The zero-order valence-electron chi connectivity index (χ0n) is 22.1. The number of carbonyl (C=O) groups is 3. The molecule has 4 aromatic rings. The molecule has 0 saturated carbocycles. The third-order valence-corrected chi connectivity index (χ3v) is 6.71. The Morgan fingerprint density at radius 1 is 0.700 bits per heavy atom. The molecule has 0 fully saturated rings. The van der Waals surface area contributed by atoms with Crippen LogP contribution >= 0.6 is 0 Å². The van der Waals surface area contributed by atoms with Gasteiger partial charge in [0.2, 0.25) is 0 Å². The van der Waals surface area contributed by atoms with Crippen molar-refractivity contribution in [3.8, 4) is 11.1 Å². The van der Waals surface area contributed by atoms with Crippen molar-refractivity contribution in [2.75, 3.05) is 19.7 Å². The Hall–Kier alpha value is -4.75. The average Bonchev–Trinajstić information content (AvgIpc) is 3.00. The second kappa shape index (κ2) is 13.9. The number of carboxylic acid groups (broad SMARTS) is 1. The van der Waals surface area contributed by atoms with Gasteiger partial charge in [-0.05, 0) is 40.8 Å². The SMILES string of the molecule is O=C(O)CCN(CCc1ccccc1)C(=O)c1ccccc1-c1ccccc1C(=O)N[C@H](CO)c1ccccc1. The zero-order valence-corrected chi connectivity index (χ0v) is 22.1. The summed E-state index contributed by atoms with van der Waals surface area (Å²) in [7, 11) is 0. The van der Waals surface area contributed by atoms with E-state index in [1.807, 2.05) is 60.7 Å². The van der Waals surface area contributed by atoms with Gasteiger partial charge in [-0.3, -0.25) is 14.4 Å². The van der Waals surface area contributed by atoms with Gasteiger partial charge in [-0.25, -0.2) is 0 Å². The molecule has 0 aromatic heterocycles. The highest BCUT2D eigenvalue weighted by Crippen LogP contribution is 2.29. The van der Waals surface area contributed by atoms with Crippen molar-refractivity contribution in [2.45, 2.75) is 18.9 Å². The second-order valence-corrected chi connectivity index (χ2v) is 9.38. The van der Waals surface area contributed by atoms with Gasteiger partial charge in [0, 0.05) is 24.2 Å². The first-order valence-corrected chi connectivity index (χ1v) is 13.2. The zero-order chi connectivity index (χ0) is 28.3. The Morgan fingerprint density at radius 2 is 1.25 bits per heavy atom. The molecule has 1 atom stereocenters. The van der Waals surface area contributed by atoms with Crippen LogP contribution in [0.25, 0.3) is 11.1 Å². The van der Waals surface area contributed by atoms with Crippen molar-refractivity contribution >= 4 is 17.8 Å². The smallest absolute Gasteiger partial charge is 0.305 e. The number of nitrogens with zero attached hydrogens (tertiary/aromatic N) is 1. The van der Waals surface area contributed by atoms with Gasteiger partial charge in [0.25, 0.3) is 11.8 Å². The maximum Gasteiger partial charge on any atom is 0.305 e. The van der Waals surface area contributed by atoms with E-state index >= 15 is 0 Å². The first-order valence-electron chi connectivity index (χ1n) is 13.2. The molecule has 0 unspecified atom stereocenters. The number of carbonyl (C=O) groups excluding carboxylic acids is 2. The molecular formula is C33H32N2O5. The van der Waals surface area contributed by atoms with Crippen LogP contribution in [-0.2, 0) is 11.2 Å². The largest absolute Gasteiger partial charge is 0.481 e. The minimum absolute atomic E-state index is 0.0622.